The number of carbonyl (C=O) groups excluding carboxylic acids is 1. The lowest BCUT2D eigenvalue weighted by Gasteiger charge is -2.21. The van der Waals surface area contributed by atoms with Gasteiger partial charge in [-0.05, 0) is 0 Å². The topological polar surface area (TPSA) is 111 Å². The number of ether oxygens (including phenoxy) is 3. The summed E-state index contributed by atoms with van der Waals surface area (Å²) in [6.45, 7) is 2.04. The predicted molar refractivity (Wildman–Crippen MR) is 75.9 cm³/mol. The van der Waals surface area contributed by atoms with E-state index in [1.165, 1.54) is 14.0 Å². The Morgan fingerprint density at radius 1 is 1.05 bits per heavy atom. The number of anilines is 3. The summed E-state index contributed by atoms with van der Waals surface area (Å²) in [4.78, 5) is 25.2. The molecule has 0 aliphatic rings. The number of nitrogens with one attached hydrogen (secondary N) is 2. The third-order valence-corrected chi connectivity index (χ3v) is 2.14. The summed E-state index contributed by atoms with van der Waals surface area (Å²) in [5.41, 5.74) is 0. The van der Waals surface area contributed by atoms with Gasteiger partial charge in [0.1, 0.15) is 20.2 Å². The molecule has 1 amide bonds. The Balaban J connectivity index is 3.05. The van der Waals surface area contributed by atoms with E-state index in [1.54, 1.807) is 19.1 Å². The molecule has 0 aliphatic heterocycles. The van der Waals surface area contributed by atoms with Gasteiger partial charge in [-0.3, -0.25) is 15.0 Å². The average molecular weight is 300 g/mol. The number of aromatic nitrogens is 3. The maximum atomic E-state index is 11.2. The van der Waals surface area contributed by atoms with Crippen LogP contribution in [0.25, 0.3) is 0 Å². The van der Waals surface area contributed by atoms with E-state index in [0.717, 1.165) is 0 Å². The number of nitrogens with zero attached hydrogens (tertiary/aromatic N) is 4. The second kappa shape index (κ2) is 9.00. The van der Waals surface area contributed by atoms with Crippen LogP contribution in [0.5, 0.6) is 0 Å². The van der Waals surface area contributed by atoms with Crippen LogP contribution >= 0.6 is 0 Å². The number of hydrogen-bond acceptors (Lipinski definition) is 9. The quantitative estimate of drug-likeness (QED) is 0.602. The summed E-state index contributed by atoms with van der Waals surface area (Å²) >= 11 is 0. The molecule has 0 saturated carbocycles. The predicted octanol–water partition coefficient (Wildman–Crippen LogP) is -0.140. The van der Waals surface area contributed by atoms with Gasteiger partial charge < -0.3 is 19.5 Å². The molecule has 0 aromatic carbocycles. The van der Waals surface area contributed by atoms with Gasteiger partial charge in [0.2, 0.25) is 23.8 Å². The molecule has 0 saturated heterocycles. The molecule has 1 rings (SSSR count). The minimum atomic E-state index is -0.283. The van der Waals surface area contributed by atoms with Crippen LogP contribution in [0.3, 0.4) is 0 Å². The van der Waals surface area contributed by atoms with Crippen molar-refractivity contribution in [3.8, 4) is 0 Å². The van der Waals surface area contributed by atoms with Crippen molar-refractivity contribution in [2.24, 2.45) is 0 Å². The van der Waals surface area contributed by atoms with Gasteiger partial charge in [-0.2, -0.15) is 15.0 Å². The first kappa shape index (κ1) is 17.0. The van der Waals surface area contributed by atoms with Crippen LogP contribution in [0.15, 0.2) is 0 Å². The van der Waals surface area contributed by atoms with Gasteiger partial charge in [-0.1, -0.05) is 0 Å². The van der Waals surface area contributed by atoms with E-state index >= 15 is 0 Å². The van der Waals surface area contributed by atoms with E-state index in [2.05, 4.69) is 25.6 Å². The van der Waals surface area contributed by atoms with Crippen molar-refractivity contribution in [3.63, 3.8) is 0 Å². The Morgan fingerprint density at radius 3 is 2.19 bits per heavy atom. The van der Waals surface area contributed by atoms with Crippen LogP contribution in [-0.4, -0.2) is 62.4 Å². The average Bonchev–Trinajstić information content (AvgIpc) is 2.44. The zero-order valence-electron chi connectivity index (χ0n) is 12.5. The summed E-state index contributed by atoms with van der Waals surface area (Å²) in [6.07, 6.45) is 0. The maximum absolute atomic E-state index is 11.2. The van der Waals surface area contributed by atoms with Crippen molar-refractivity contribution in [3.05, 3.63) is 0 Å². The first-order valence-electron chi connectivity index (χ1n) is 6.10. The smallest absolute Gasteiger partial charge is 0.236 e. The van der Waals surface area contributed by atoms with Crippen LogP contribution < -0.4 is 15.5 Å². The van der Waals surface area contributed by atoms with E-state index in [9.17, 15) is 4.79 Å². The Labute approximate surface area is 122 Å². The number of amides is 1. The van der Waals surface area contributed by atoms with E-state index < -0.39 is 0 Å². The highest BCUT2D eigenvalue weighted by Crippen LogP contribution is 2.13. The molecule has 0 atom stereocenters. The van der Waals surface area contributed by atoms with Crippen molar-refractivity contribution in [1.82, 2.24) is 15.0 Å². The summed E-state index contributed by atoms with van der Waals surface area (Å²) in [5, 5.41) is 5.35. The van der Waals surface area contributed by atoms with E-state index in [0.29, 0.717) is 5.95 Å². The van der Waals surface area contributed by atoms with Gasteiger partial charge >= 0.3 is 0 Å². The van der Waals surface area contributed by atoms with Crippen molar-refractivity contribution in [2.45, 2.75) is 6.92 Å². The van der Waals surface area contributed by atoms with Gasteiger partial charge in [0.05, 0.1) is 0 Å². The zero-order chi connectivity index (χ0) is 15.7. The first-order valence-corrected chi connectivity index (χ1v) is 6.10. The lowest BCUT2D eigenvalue weighted by Crippen LogP contribution is -2.30. The summed E-state index contributed by atoms with van der Waals surface area (Å²) in [7, 11) is 4.62. The molecule has 118 valence electrons. The third kappa shape index (κ3) is 5.85. The van der Waals surface area contributed by atoms with Crippen molar-refractivity contribution in [1.29, 1.82) is 0 Å². The van der Waals surface area contributed by atoms with Crippen LogP contribution in [0, 0.1) is 0 Å². The Morgan fingerprint density at radius 2 is 1.67 bits per heavy atom. The summed E-state index contributed by atoms with van der Waals surface area (Å²) in [5.74, 6) is 0.414. The fraction of sp³-hybridized carbons (Fsp3) is 0.636. The molecule has 2 N–H and O–H groups in total. The van der Waals surface area contributed by atoms with Crippen LogP contribution in [0.1, 0.15) is 6.92 Å². The second-order valence-corrected chi connectivity index (χ2v) is 3.95. The minimum absolute atomic E-state index is 0.128. The largest absolute Gasteiger partial charge is 0.364 e. The SMILES string of the molecule is COCNc1nc(NC(C)=O)nc(N(COC)COC)n1. The van der Waals surface area contributed by atoms with Gasteiger partial charge in [0, 0.05) is 28.3 Å². The normalized spacial score (nSPS) is 10.3. The van der Waals surface area contributed by atoms with Crippen LogP contribution in [0.4, 0.5) is 17.8 Å². The highest BCUT2D eigenvalue weighted by Gasteiger charge is 2.14. The maximum Gasteiger partial charge on any atom is 0.236 e. The van der Waals surface area contributed by atoms with Gasteiger partial charge in [-0.15, -0.1) is 0 Å². The van der Waals surface area contributed by atoms with E-state index in [-0.39, 0.29) is 38.0 Å². The number of rotatable bonds is 9. The van der Waals surface area contributed by atoms with Crippen LogP contribution in [-0.2, 0) is 19.0 Å². The third-order valence-electron chi connectivity index (χ3n) is 2.14. The molecule has 1 heterocycles. The van der Waals surface area contributed by atoms with Crippen molar-refractivity contribution < 1.29 is 19.0 Å². The highest BCUT2D eigenvalue weighted by atomic mass is 16.5. The molecule has 0 spiro atoms. The molecule has 0 aliphatic carbocycles. The molecular formula is C11H20N6O4. The standard InChI is InChI=1S/C11H20N6O4/c1-8(18)13-10-14-9(12-5-19-2)15-11(16-10)17(6-20-3)7-21-4/h5-7H2,1-4H3,(H2,12,13,14,15,16,18). The highest BCUT2D eigenvalue weighted by molar-refractivity contribution is 5.86. The lowest BCUT2D eigenvalue weighted by atomic mass is 10.6. The molecule has 21 heavy (non-hydrogen) atoms. The lowest BCUT2D eigenvalue weighted by molar-refractivity contribution is -0.114. The van der Waals surface area contributed by atoms with E-state index in [4.69, 9.17) is 14.2 Å². The van der Waals surface area contributed by atoms with Crippen molar-refractivity contribution >= 4 is 23.8 Å². The van der Waals surface area contributed by atoms with Gasteiger partial charge in [-0.25, -0.2) is 0 Å². The molecule has 10 nitrogen and oxygen atoms in total. The van der Waals surface area contributed by atoms with Gasteiger partial charge in [0.15, 0.2) is 0 Å². The van der Waals surface area contributed by atoms with Crippen LogP contribution in [0.2, 0.25) is 0 Å². The number of carbonyl (C=O) groups is 1. The molecule has 0 fully saturated rings. The molecule has 0 unspecified atom stereocenters. The van der Waals surface area contributed by atoms with E-state index in [1.807, 2.05) is 0 Å². The zero-order valence-corrected chi connectivity index (χ0v) is 12.5. The molecular weight excluding hydrogens is 280 g/mol. The Bertz CT molecular complexity index is 452. The molecule has 0 radical (unpaired) electrons. The number of hydrogen-bond donors (Lipinski definition) is 2. The molecule has 0 bridgehead atoms. The second-order valence-electron chi connectivity index (χ2n) is 3.95. The van der Waals surface area contributed by atoms with Crippen molar-refractivity contribution in [2.75, 3.05) is 57.1 Å². The monoisotopic (exact) mass is 300 g/mol. The fourth-order valence-electron chi connectivity index (χ4n) is 1.40. The number of methoxy groups -OCH3 is 3. The minimum Gasteiger partial charge on any atom is -0.364 e. The Kier molecular flexibility index (Phi) is 7.29. The first-order chi connectivity index (χ1) is 10.1. The van der Waals surface area contributed by atoms with Gasteiger partial charge in [0.25, 0.3) is 0 Å². The molecule has 1 aromatic heterocycles. The fourth-order valence-corrected chi connectivity index (χ4v) is 1.40. The summed E-state index contributed by atoms with van der Waals surface area (Å²) < 4.78 is 15.0. The molecule has 1 aromatic rings. The Hall–Kier alpha value is -2.04. The molecule has 10 heteroatoms. The summed E-state index contributed by atoms with van der Waals surface area (Å²) in [6, 6.07) is 0.